The van der Waals surface area contributed by atoms with Crippen LogP contribution >= 0.6 is 12.2 Å². The Morgan fingerprint density at radius 1 is 1.60 bits per heavy atom. The zero-order valence-corrected chi connectivity index (χ0v) is 10.2. The molecule has 1 saturated heterocycles. The number of carbonyl (C=O) groups excluding carboxylic acids is 1. The van der Waals surface area contributed by atoms with Crippen LogP contribution in [0, 0.1) is 0 Å². The molecule has 15 heavy (non-hydrogen) atoms. The van der Waals surface area contributed by atoms with Gasteiger partial charge in [-0.05, 0) is 20.8 Å². The molecule has 1 N–H and O–H groups in total. The van der Waals surface area contributed by atoms with Crippen molar-refractivity contribution in [3.05, 3.63) is 0 Å². The molecule has 0 radical (unpaired) electrons. The summed E-state index contributed by atoms with van der Waals surface area (Å²) in [4.78, 5) is 16.8. The first-order chi connectivity index (χ1) is 6.83. The molecule has 0 spiro atoms. The number of nitrogens with zero attached hydrogens (tertiary/aromatic N) is 1. The van der Waals surface area contributed by atoms with Gasteiger partial charge in [0.2, 0.25) is 0 Å². The Kier molecular flexibility index (Phi) is 3.51. The van der Waals surface area contributed by atoms with E-state index in [4.69, 9.17) is 21.8 Å². The van der Waals surface area contributed by atoms with Gasteiger partial charge in [0.15, 0.2) is 0 Å². The molecule has 1 amide bonds. The standard InChI is InChI=1S/C9H16N2O3S/c1-9(2,3)14-8(12)10-6-5-11(13-4)7(6)15/h6H,5H2,1-4H3,(H,10,12). The number of hydroxylamine groups is 2. The lowest BCUT2D eigenvalue weighted by atomic mass is 10.2. The number of hydrogen-bond donors (Lipinski definition) is 1. The number of amides is 1. The van der Waals surface area contributed by atoms with E-state index in [0.29, 0.717) is 11.5 Å². The first kappa shape index (κ1) is 12.2. The minimum Gasteiger partial charge on any atom is -0.444 e. The molecule has 1 unspecified atom stereocenters. The lowest BCUT2D eigenvalue weighted by molar-refractivity contribution is -0.0929. The Labute approximate surface area is 94.7 Å². The van der Waals surface area contributed by atoms with Gasteiger partial charge < -0.3 is 10.1 Å². The van der Waals surface area contributed by atoms with Gasteiger partial charge in [0.05, 0.1) is 13.7 Å². The van der Waals surface area contributed by atoms with Crippen molar-refractivity contribution in [2.45, 2.75) is 32.4 Å². The smallest absolute Gasteiger partial charge is 0.408 e. The summed E-state index contributed by atoms with van der Waals surface area (Å²) in [7, 11) is 1.54. The lowest BCUT2D eigenvalue weighted by Crippen LogP contribution is -2.62. The van der Waals surface area contributed by atoms with Crippen LogP contribution in [-0.2, 0) is 9.57 Å². The molecule has 1 aliphatic heterocycles. The molecule has 0 bridgehead atoms. The Bertz CT molecular complexity index is 275. The lowest BCUT2D eigenvalue weighted by Gasteiger charge is -2.39. The summed E-state index contributed by atoms with van der Waals surface area (Å²) in [6.07, 6.45) is -0.453. The quantitative estimate of drug-likeness (QED) is 0.722. The minimum atomic E-state index is -0.490. The third kappa shape index (κ3) is 3.32. The van der Waals surface area contributed by atoms with Crippen molar-refractivity contribution in [3.63, 3.8) is 0 Å². The fourth-order valence-electron chi connectivity index (χ4n) is 1.12. The van der Waals surface area contributed by atoms with Crippen LogP contribution in [-0.4, -0.2) is 41.4 Å². The summed E-state index contributed by atoms with van der Waals surface area (Å²) in [6, 6.07) is -0.158. The highest BCUT2D eigenvalue weighted by Crippen LogP contribution is 2.13. The van der Waals surface area contributed by atoms with Crippen molar-refractivity contribution >= 4 is 23.3 Å². The fraction of sp³-hybridized carbons (Fsp3) is 0.778. The SMILES string of the molecule is CON1CC(NC(=O)OC(C)(C)C)C1=S. The third-order valence-electron chi connectivity index (χ3n) is 1.80. The number of ether oxygens (including phenoxy) is 1. The van der Waals surface area contributed by atoms with Crippen LogP contribution in [0.1, 0.15) is 20.8 Å². The maximum atomic E-state index is 11.4. The number of alkyl carbamates (subject to hydrolysis) is 1. The number of thiocarbonyl (C=S) groups is 1. The highest BCUT2D eigenvalue weighted by molar-refractivity contribution is 7.80. The molecule has 86 valence electrons. The van der Waals surface area contributed by atoms with Crippen molar-refractivity contribution < 1.29 is 14.4 Å². The average molecular weight is 232 g/mol. The van der Waals surface area contributed by atoms with E-state index in [1.807, 2.05) is 20.8 Å². The van der Waals surface area contributed by atoms with Gasteiger partial charge in [0.1, 0.15) is 16.6 Å². The molecule has 1 atom stereocenters. The third-order valence-corrected chi connectivity index (χ3v) is 2.29. The Hall–Kier alpha value is -0.880. The maximum Gasteiger partial charge on any atom is 0.408 e. The summed E-state index contributed by atoms with van der Waals surface area (Å²) in [6.45, 7) is 6.00. The van der Waals surface area contributed by atoms with E-state index in [2.05, 4.69) is 5.32 Å². The summed E-state index contributed by atoms with van der Waals surface area (Å²) < 4.78 is 5.09. The molecular weight excluding hydrogens is 216 g/mol. The number of nitrogens with one attached hydrogen (secondary N) is 1. The zero-order valence-electron chi connectivity index (χ0n) is 9.36. The minimum absolute atomic E-state index is 0.158. The van der Waals surface area contributed by atoms with E-state index in [1.54, 1.807) is 0 Å². The van der Waals surface area contributed by atoms with Crippen molar-refractivity contribution in [2.24, 2.45) is 0 Å². The maximum absolute atomic E-state index is 11.4. The predicted octanol–water partition coefficient (Wildman–Crippen LogP) is 1.08. The molecule has 1 fully saturated rings. The molecule has 0 aromatic rings. The van der Waals surface area contributed by atoms with E-state index in [0.717, 1.165) is 0 Å². The van der Waals surface area contributed by atoms with Crippen LogP contribution in [0.25, 0.3) is 0 Å². The van der Waals surface area contributed by atoms with Gasteiger partial charge >= 0.3 is 6.09 Å². The van der Waals surface area contributed by atoms with Crippen LogP contribution in [0.3, 0.4) is 0 Å². The second-order valence-corrected chi connectivity index (χ2v) is 4.70. The van der Waals surface area contributed by atoms with Gasteiger partial charge in [0.25, 0.3) is 0 Å². The van der Waals surface area contributed by atoms with Gasteiger partial charge in [-0.25, -0.2) is 9.86 Å². The van der Waals surface area contributed by atoms with E-state index in [-0.39, 0.29) is 6.04 Å². The van der Waals surface area contributed by atoms with Crippen molar-refractivity contribution in [1.82, 2.24) is 10.4 Å². The fourth-order valence-corrected chi connectivity index (χ4v) is 1.40. The number of carbonyl (C=O) groups is 1. The second kappa shape index (κ2) is 4.32. The normalized spacial score (nSPS) is 20.9. The van der Waals surface area contributed by atoms with E-state index in [1.165, 1.54) is 12.2 Å². The van der Waals surface area contributed by atoms with Crippen LogP contribution in [0.2, 0.25) is 0 Å². The molecule has 0 aliphatic carbocycles. The molecular formula is C9H16N2O3S. The molecule has 1 aliphatic rings. The number of hydrogen-bond acceptors (Lipinski definition) is 4. The first-order valence-corrected chi connectivity index (χ1v) is 5.09. The molecule has 5 nitrogen and oxygen atoms in total. The second-order valence-electron chi connectivity index (χ2n) is 4.28. The highest BCUT2D eigenvalue weighted by atomic mass is 32.1. The molecule has 1 rings (SSSR count). The number of rotatable bonds is 2. The van der Waals surface area contributed by atoms with Crippen molar-refractivity contribution in [3.8, 4) is 0 Å². The van der Waals surface area contributed by atoms with Crippen molar-refractivity contribution in [2.75, 3.05) is 13.7 Å². The van der Waals surface area contributed by atoms with Gasteiger partial charge in [-0.3, -0.25) is 4.84 Å². The summed E-state index contributed by atoms with van der Waals surface area (Å²) in [5.74, 6) is 0. The van der Waals surface area contributed by atoms with Crippen LogP contribution < -0.4 is 5.32 Å². The van der Waals surface area contributed by atoms with Crippen LogP contribution in [0.15, 0.2) is 0 Å². The molecule has 1 heterocycles. The molecule has 0 saturated carbocycles. The monoisotopic (exact) mass is 232 g/mol. The average Bonchev–Trinajstić information content (AvgIpc) is 2.08. The van der Waals surface area contributed by atoms with E-state index in [9.17, 15) is 4.79 Å². The molecule has 0 aromatic heterocycles. The first-order valence-electron chi connectivity index (χ1n) is 4.68. The molecule has 0 aromatic carbocycles. The largest absolute Gasteiger partial charge is 0.444 e. The van der Waals surface area contributed by atoms with Gasteiger partial charge in [-0.2, -0.15) is 0 Å². The predicted molar refractivity (Wildman–Crippen MR) is 59.5 cm³/mol. The van der Waals surface area contributed by atoms with E-state index >= 15 is 0 Å². The highest BCUT2D eigenvalue weighted by Gasteiger charge is 2.35. The summed E-state index contributed by atoms with van der Waals surface area (Å²) >= 11 is 5.02. The Morgan fingerprint density at radius 2 is 2.20 bits per heavy atom. The van der Waals surface area contributed by atoms with Gasteiger partial charge in [-0.15, -0.1) is 0 Å². The Balaban J connectivity index is 2.32. The summed E-state index contributed by atoms with van der Waals surface area (Å²) in [5.41, 5.74) is -0.490. The van der Waals surface area contributed by atoms with E-state index < -0.39 is 11.7 Å². The van der Waals surface area contributed by atoms with Gasteiger partial charge in [0, 0.05) is 0 Å². The van der Waals surface area contributed by atoms with Crippen molar-refractivity contribution in [1.29, 1.82) is 0 Å². The van der Waals surface area contributed by atoms with Crippen LogP contribution in [0.5, 0.6) is 0 Å². The van der Waals surface area contributed by atoms with Gasteiger partial charge in [-0.1, -0.05) is 12.2 Å². The van der Waals surface area contributed by atoms with Crippen LogP contribution in [0.4, 0.5) is 4.79 Å². The molecule has 6 heteroatoms. The topological polar surface area (TPSA) is 50.8 Å². The summed E-state index contributed by atoms with van der Waals surface area (Å²) in [5, 5.41) is 4.20. The zero-order chi connectivity index (χ0) is 11.6. The Morgan fingerprint density at radius 3 is 2.60 bits per heavy atom.